The molecule has 0 aliphatic heterocycles. The Labute approximate surface area is 143 Å². The monoisotopic (exact) mass is 322 g/mol. The fraction of sp³-hybridized carbons (Fsp3) is 0.400. The second-order valence-electron chi connectivity index (χ2n) is 6.42. The van der Waals surface area contributed by atoms with E-state index in [4.69, 9.17) is 4.99 Å². The van der Waals surface area contributed by atoms with Crippen molar-refractivity contribution in [2.45, 2.75) is 52.0 Å². The number of aryl methyl sites for hydroxylation is 1. The lowest BCUT2D eigenvalue weighted by molar-refractivity contribution is 0.443. The standard InChI is InChI=1S/C20H26N4/c1-4-18(15-11-12-19-17(13-15)14(3)23-24-19)22-20(5-2)21-16-9-7-6-8-10-16/h4-5,11-13,16H,2,6-10H2,1,3H3,(H,21,22)(H,23,24)/b18-4-. The summed E-state index contributed by atoms with van der Waals surface area (Å²) < 4.78 is 0. The third kappa shape index (κ3) is 3.58. The number of hydrogen-bond donors (Lipinski definition) is 2. The lowest BCUT2D eigenvalue weighted by Gasteiger charge is -2.19. The van der Waals surface area contributed by atoms with E-state index in [0.29, 0.717) is 6.04 Å². The predicted octanol–water partition coefficient (Wildman–Crippen LogP) is 4.74. The highest BCUT2D eigenvalue weighted by Crippen LogP contribution is 2.22. The van der Waals surface area contributed by atoms with Gasteiger partial charge in [0.1, 0.15) is 5.84 Å². The van der Waals surface area contributed by atoms with E-state index >= 15 is 0 Å². The molecule has 1 aromatic carbocycles. The summed E-state index contributed by atoms with van der Waals surface area (Å²) in [7, 11) is 0. The minimum absolute atomic E-state index is 0.427. The number of nitrogens with zero attached hydrogens (tertiary/aromatic N) is 2. The quantitative estimate of drug-likeness (QED) is 0.631. The van der Waals surface area contributed by atoms with Crippen molar-refractivity contribution in [3.8, 4) is 0 Å². The van der Waals surface area contributed by atoms with Crippen LogP contribution in [0.4, 0.5) is 0 Å². The number of hydrogen-bond acceptors (Lipinski definition) is 2. The molecule has 126 valence electrons. The van der Waals surface area contributed by atoms with Crippen LogP contribution < -0.4 is 5.32 Å². The van der Waals surface area contributed by atoms with E-state index in [1.807, 2.05) is 26.0 Å². The molecule has 1 aliphatic carbocycles. The molecular formula is C20H26N4. The number of nitrogens with one attached hydrogen (secondary N) is 2. The number of H-pyrrole nitrogens is 1. The van der Waals surface area contributed by atoms with Crippen LogP contribution in [0.1, 0.15) is 50.3 Å². The van der Waals surface area contributed by atoms with Gasteiger partial charge in [0.15, 0.2) is 0 Å². The molecule has 2 N–H and O–H groups in total. The van der Waals surface area contributed by atoms with Crippen molar-refractivity contribution in [1.82, 2.24) is 15.5 Å². The average molecular weight is 322 g/mol. The summed E-state index contributed by atoms with van der Waals surface area (Å²) in [4.78, 5) is 4.87. The van der Waals surface area contributed by atoms with Gasteiger partial charge in [0.2, 0.25) is 0 Å². The minimum atomic E-state index is 0.427. The average Bonchev–Trinajstić information content (AvgIpc) is 3.00. The van der Waals surface area contributed by atoms with Crippen LogP contribution in [-0.4, -0.2) is 22.1 Å². The maximum absolute atomic E-state index is 4.87. The number of allylic oxidation sites excluding steroid dienone is 1. The Morgan fingerprint density at radius 3 is 2.83 bits per heavy atom. The summed E-state index contributed by atoms with van der Waals surface area (Å²) >= 11 is 0. The lowest BCUT2D eigenvalue weighted by atomic mass is 9.96. The molecule has 4 nitrogen and oxygen atoms in total. The molecule has 4 heteroatoms. The second-order valence-corrected chi connectivity index (χ2v) is 6.42. The Hall–Kier alpha value is -2.36. The molecule has 1 aliphatic rings. The Kier molecular flexibility index (Phi) is 5.14. The highest BCUT2D eigenvalue weighted by Gasteiger charge is 2.13. The molecule has 0 saturated heterocycles. The van der Waals surface area contributed by atoms with Gasteiger partial charge in [0.25, 0.3) is 0 Å². The smallest absolute Gasteiger partial charge is 0.124 e. The Morgan fingerprint density at radius 2 is 2.12 bits per heavy atom. The Bertz CT molecular complexity index is 776. The van der Waals surface area contributed by atoms with Gasteiger partial charge in [-0.05, 0) is 50.5 Å². The molecule has 2 aromatic rings. The van der Waals surface area contributed by atoms with Gasteiger partial charge in [-0.2, -0.15) is 5.10 Å². The second kappa shape index (κ2) is 7.47. The molecule has 0 atom stereocenters. The number of fused-ring (bicyclic) bond motifs is 1. The fourth-order valence-corrected chi connectivity index (χ4v) is 3.30. The van der Waals surface area contributed by atoms with Crippen molar-refractivity contribution in [2.24, 2.45) is 4.99 Å². The van der Waals surface area contributed by atoms with Crippen LogP contribution in [0.15, 0.2) is 41.9 Å². The molecule has 0 radical (unpaired) electrons. The van der Waals surface area contributed by atoms with Crippen molar-refractivity contribution in [2.75, 3.05) is 0 Å². The van der Waals surface area contributed by atoms with Crippen LogP contribution in [0.2, 0.25) is 0 Å². The molecule has 0 spiro atoms. The molecule has 1 aromatic heterocycles. The zero-order valence-electron chi connectivity index (χ0n) is 14.6. The fourth-order valence-electron chi connectivity index (χ4n) is 3.30. The molecule has 1 saturated carbocycles. The summed E-state index contributed by atoms with van der Waals surface area (Å²) in [5.41, 5.74) is 4.26. The molecule has 3 rings (SSSR count). The van der Waals surface area contributed by atoms with Gasteiger partial charge >= 0.3 is 0 Å². The molecular weight excluding hydrogens is 296 g/mol. The summed E-state index contributed by atoms with van der Waals surface area (Å²) in [5.74, 6) is 0.860. The zero-order valence-corrected chi connectivity index (χ0v) is 14.6. The summed E-state index contributed by atoms with van der Waals surface area (Å²) in [6, 6.07) is 6.73. The van der Waals surface area contributed by atoms with Crippen LogP contribution in [0.5, 0.6) is 0 Å². The van der Waals surface area contributed by atoms with Crippen LogP contribution in [0.25, 0.3) is 16.6 Å². The summed E-state index contributed by atoms with van der Waals surface area (Å²) in [6.07, 6.45) is 10.2. The van der Waals surface area contributed by atoms with E-state index in [-0.39, 0.29) is 0 Å². The topological polar surface area (TPSA) is 53.1 Å². The van der Waals surface area contributed by atoms with Crippen LogP contribution in [0, 0.1) is 6.92 Å². The first kappa shape index (κ1) is 16.5. The van der Waals surface area contributed by atoms with E-state index in [9.17, 15) is 0 Å². The van der Waals surface area contributed by atoms with Gasteiger partial charge < -0.3 is 5.32 Å². The zero-order chi connectivity index (χ0) is 16.9. The van der Waals surface area contributed by atoms with Gasteiger partial charge in [-0.3, -0.25) is 10.1 Å². The molecule has 1 heterocycles. The van der Waals surface area contributed by atoms with Crippen molar-refractivity contribution in [1.29, 1.82) is 0 Å². The number of aliphatic imine (C=N–C) groups is 1. The van der Waals surface area contributed by atoms with E-state index in [1.165, 1.54) is 32.1 Å². The third-order valence-electron chi connectivity index (χ3n) is 4.70. The largest absolute Gasteiger partial charge is 0.340 e. The SMILES string of the molecule is C=CC(=NC1CCCCC1)N/C(=C\C)c1ccc2n[nH]c(C)c2c1. The minimum Gasteiger partial charge on any atom is -0.340 e. The molecule has 0 unspecified atom stereocenters. The van der Waals surface area contributed by atoms with Crippen molar-refractivity contribution in [3.63, 3.8) is 0 Å². The number of benzene rings is 1. The van der Waals surface area contributed by atoms with E-state index < -0.39 is 0 Å². The van der Waals surface area contributed by atoms with Gasteiger partial charge in [-0.25, -0.2) is 0 Å². The van der Waals surface area contributed by atoms with Crippen molar-refractivity contribution in [3.05, 3.63) is 48.2 Å². The predicted molar refractivity (Wildman–Crippen MR) is 102 cm³/mol. The normalized spacial score (nSPS) is 17.2. The summed E-state index contributed by atoms with van der Waals surface area (Å²) in [5, 5.41) is 11.9. The van der Waals surface area contributed by atoms with Gasteiger partial charge in [0.05, 0.1) is 11.6 Å². The number of amidine groups is 1. The first-order chi connectivity index (χ1) is 11.7. The first-order valence-electron chi connectivity index (χ1n) is 8.80. The van der Waals surface area contributed by atoms with Gasteiger partial charge in [-0.1, -0.05) is 38.0 Å². The van der Waals surface area contributed by atoms with Crippen LogP contribution in [0.3, 0.4) is 0 Å². The number of rotatable bonds is 4. The van der Waals surface area contributed by atoms with Crippen LogP contribution in [-0.2, 0) is 0 Å². The highest BCUT2D eigenvalue weighted by atomic mass is 15.1. The Morgan fingerprint density at radius 1 is 1.33 bits per heavy atom. The molecule has 1 fully saturated rings. The number of aromatic amines is 1. The van der Waals surface area contributed by atoms with Crippen molar-refractivity contribution >= 4 is 22.4 Å². The van der Waals surface area contributed by atoms with E-state index in [2.05, 4.69) is 40.3 Å². The van der Waals surface area contributed by atoms with Crippen molar-refractivity contribution < 1.29 is 0 Å². The van der Waals surface area contributed by atoms with E-state index in [1.54, 1.807) is 0 Å². The number of aromatic nitrogens is 2. The summed E-state index contributed by atoms with van der Waals surface area (Å²) in [6.45, 7) is 8.01. The van der Waals surface area contributed by atoms with Gasteiger partial charge in [0, 0.05) is 16.8 Å². The van der Waals surface area contributed by atoms with Gasteiger partial charge in [-0.15, -0.1) is 0 Å². The van der Waals surface area contributed by atoms with Crippen LogP contribution >= 0.6 is 0 Å². The maximum atomic E-state index is 4.87. The third-order valence-corrected chi connectivity index (χ3v) is 4.70. The maximum Gasteiger partial charge on any atom is 0.124 e. The Balaban J connectivity index is 1.82. The first-order valence-corrected chi connectivity index (χ1v) is 8.80. The molecule has 0 bridgehead atoms. The molecule has 0 amide bonds. The van der Waals surface area contributed by atoms with E-state index in [0.717, 1.165) is 33.7 Å². The highest BCUT2D eigenvalue weighted by molar-refractivity contribution is 5.99. The lowest BCUT2D eigenvalue weighted by Crippen LogP contribution is -2.23. The molecule has 24 heavy (non-hydrogen) atoms.